The van der Waals surface area contributed by atoms with Gasteiger partial charge in [-0.25, -0.2) is 0 Å². The fourth-order valence-electron chi connectivity index (χ4n) is 0.578. The average molecular weight is 138 g/mol. The van der Waals surface area contributed by atoms with Crippen LogP contribution in [-0.2, 0) is 0 Å². The molecule has 0 unspecified atom stereocenters. The maximum atomic E-state index is 8.72. The zero-order valence-electron chi connectivity index (χ0n) is 4.34. The normalized spacial score (nSPS) is 26.2. The Hall–Kier alpha value is 0.130. The molecule has 0 aromatic heterocycles. The second-order valence-electron chi connectivity index (χ2n) is 1.68. The van der Waals surface area contributed by atoms with E-state index in [2.05, 4.69) is 5.32 Å². The highest BCUT2D eigenvalue weighted by molar-refractivity contribution is 6.13. The highest BCUT2D eigenvalue weighted by atomic mass is 35.5. The molecular weight excluding hydrogens is 130 g/mol. The largest absolute Gasteiger partial charge is 0.311 e. The van der Waals surface area contributed by atoms with Crippen LogP contribution in [0.25, 0.3) is 0 Å². The summed E-state index contributed by atoms with van der Waals surface area (Å²) < 4.78 is 1.45. The van der Waals surface area contributed by atoms with Gasteiger partial charge in [-0.1, -0.05) is 0 Å². The summed E-state index contributed by atoms with van der Waals surface area (Å²) in [5.74, 6) is 0. The van der Waals surface area contributed by atoms with Gasteiger partial charge in [0.2, 0.25) is 0 Å². The molecule has 0 saturated carbocycles. The SMILES string of the molecule is ON1CNCN(Cl)C1. The number of hydroxylamine groups is 2. The Balaban J connectivity index is 2.23. The monoisotopic (exact) mass is 137 g/mol. The Morgan fingerprint density at radius 2 is 2.25 bits per heavy atom. The van der Waals surface area contributed by atoms with Crippen LogP contribution in [0, 0.1) is 0 Å². The van der Waals surface area contributed by atoms with Gasteiger partial charge in [0, 0.05) is 0 Å². The van der Waals surface area contributed by atoms with E-state index < -0.39 is 0 Å². The molecule has 0 bridgehead atoms. The third-order valence-corrected chi connectivity index (χ3v) is 1.12. The van der Waals surface area contributed by atoms with E-state index >= 15 is 0 Å². The smallest absolute Gasteiger partial charge is 0.0925 e. The van der Waals surface area contributed by atoms with Crippen molar-refractivity contribution in [2.24, 2.45) is 0 Å². The topological polar surface area (TPSA) is 38.7 Å². The fraction of sp³-hybridized carbons (Fsp3) is 1.00. The molecule has 0 atom stereocenters. The van der Waals surface area contributed by atoms with Crippen LogP contribution in [0.5, 0.6) is 0 Å². The molecular formula is C3H8ClN3O. The summed E-state index contributed by atoms with van der Waals surface area (Å²) in [5.41, 5.74) is 0. The molecule has 0 aromatic carbocycles. The van der Waals surface area contributed by atoms with Crippen LogP contribution in [0.1, 0.15) is 0 Å². The summed E-state index contributed by atoms with van der Waals surface area (Å²) >= 11 is 5.48. The molecule has 0 spiro atoms. The minimum atomic E-state index is 0.397. The molecule has 1 aliphatic heterocycles. The number of rotatable bonds is 0. The maximum Gasteiger partial charge on any atom is 0.0925 e. The minimum Gasteiger partial charge on any atom is -0.311 e. The lowest BCUT2D eigenvalue weighted by atomic mass is 10.8. The molecule has 1 fully saturated rings. The number of nitrogens with zero attached hydrogens (tertiary/aromatic N) is 2. The zero-order valence-corrected chi connectivity index (χ0v) is 5.10. The van der Waals surface area contributed by atoms with E-state index in [0.717, 1.165) is 5.06 Å². The first-order valence-electron chi connectivity index (χ1n) is 2.34. The van der Waals surface area contributed by atoms with Gasteiger partial charge in [0.1, 0.15) is 0 Å². The third-order valence-electron chi connectivity index (χ3n) is 0.894. The highest BCUT2D eigenvalue weighted by Gasteiger charge is 2.11. The Labute approximate surface area is 52.7 Å². The van der Waals surface area contributed by atoms with Gasteiger partial charge in [-0.2, -0.15) is 9.48 Å². The summed E-state index contributed by atoms with van der Waals surface area (Å²) in [7, 11) is 0. The predicted molar refractivity (Wildman–Crippen MR) is 29.1 cm³/mol. The van der Waals surface area contributed by atoms with Gasteiger partial charge in [-0.3, -0.25) is 5.32 Å². The van der Waals surface area contributed by atoms with E-state index in [1.807, 2.05) is 0 Å². The molecule has 48 valence electrons. The van der Waals surface area contributed by atoms with Crippen molar-refractivity contribution in [2.45, 2.75) is 0 Å². The Kier molecular flexibility index (Phi) is 2.04. The van der Waals surface area contributed by atoms with Crippen molar-refractivity contribution in [3.8, 4) is 0 Å². The molecule has 5 heteroatoms. The van der Waals surface area contributed by atoms with E-state index in [-0.39, 0.29) is 0 Å². The third kappa shape index (κ3) is 1.57. The molecule has 2 N–H and O–H groups in total. The second-order valence-corrected chi connectivity index (χ2v) is 2.15. The highest BCUT2D eigenvalue weighted by Crippen LogP contribution is 1.96. The van der Waals surface area contributed by atoms with Crippen molar-refractivity contribution in [3.05, 3.63) is 0 Å². The van der Waals surface area contributed by atoms with E-state index in [9.17, 15) is 0 Å². The summed E-state index contributed by atoms with van der Waals surface area (Å²) in [5, 5.41) is 12.7. The molecule has 0 radical (unpaired) electrons. The first-order valence-corrected chi connectivity index (χ1v) is 2.68. The molecule has 0 aromatic rings. The van der Waals surface area contributed by atoms with Gasteiger partial charge >= 0.3 is 0 Å². The predicted octanol–water partition coefficient (Wildman–Crippen LogP) is -0.391. The van der Waals surface area contributed by atoms with Gasteiger partial charge in [-0.15, -0.1) is 0 Å². The Morgan fingerprint density at radius 1 is 1.50 bits per heavy atom. The van der Waals surface area contributed by atoms with Crippen LogP contribution in [0.3, 0.4) is 0 Å². The second kappa shape index (κ2) is 2.61. The van der Waals surface area contributed by atoms with Crippen LogP contribution in [0.2, 0.25) is 0 Å². The molecule has 4 nitrogen and oxygen atoms in total. The lowest BCUT2D eigenvalue weighted by molar-refractivity contribution is -0.136. The number of nitrogens with one attached hydrogen (secondary N) is 1. The standard InChI is InChI=1S/C3H8ClN3O/c4-6-1-5-2-7(8)3-6/h5,8H,1-3H2. The van der Waals surface area contributed by atoms with Crippen LogP contribution >= 0.6 is 11.8 Å². The van der Waals surface area contributed by atoms with E-state index in [4.69, 9.17) is 17.0 Å². The first-order chi connectivity index (χ1) is 3.79. The Bertz CT molecular complexity index is 72.9. The minimum absolute atomic E-state index is 0.397. The van der Waals surface area contributed by atoms with E-state index in [1.54, 1.807) is 0 Å². The maximum absolute atomic E-state index is 8.72. The van der Waals surface area contributed by atoms with Crippen LogP contribution < -0.4 is 5.32 Å². The van der Waals surface area contributed by atoms with Crippen molar-refractivity contribution < 1.29 is 5.21 Å². The van der Waals surface area contributed by atoms with Gasteiger partial charge in [0.25, 0.3) is 0 Å². The molecule has 1 aliphatic rings. The lowest BCUT2D eigenvalue weighted by Crippen LogP contribution is -2.47. The van der Waals surface area contributed by atoms with Gasteiger partial charge in [-0.05, 0) is 11.8 Å². The Morgan fingerprint density at radius 3 is 2.62 bits per heavy atom. The van der Waals surface area contributed by atoms with Crippen molar-refractivity contribution in [1.82, 2.24) is 14.8 Å². The molecule has 1 saturated heterocycles. The van der Waals surface area contributed by atoms with Crippen LogP contribution in [-0.4, -0.2) is 34.7 Å². The number of hydrogen-bond donors (Lipinski definition) is 2. The van der Waals surface area contributed by atoms with Crippen molar-refractivity contribution in [3.63, 3.8) is 0 Å². The average Bonchev–Trinajstić information content (AvgIpc) is 1.64. The van der Waals surface area contributed by atoms with Crippen molar-refractivity contribution in [1.29, 1.82) is 0 Å². The summed E-state index contributed by atoms with van der Waals surface area (Å²) in [6.07, 6.45) is 0. The molecule has 1 heterocycles. The first kappa shape index (κ1) is 6.25. The number of hydrogen-bond acceptors (Lipinski definition) is 4. The van der Waals surface area contributed by atoms with Crippen LogP contribution in [0.4, 0.5) is 0 Å². The van der Waals surface area contributed by atoms with Crippen molar-refractivity contribution in [2.75, 3.05) is 20.0 Å². The molecule has 0 aliphatic carbocycles. The quantitative estimate of drug-likeness (QED) is 0.446. The van der Waals surface area contributed by atoms with E-state index in [1.165, 1.54) is 4.42 Å². The molecule has 8 heavy (non-hydrogen) atoms. The van der Waals surface area contributed by atoms with Gasteiger partial charge < -0.3 is 5.21 Å². The number of halogens is 1. The lowest BCUT2D eigenvalue weighted by Gasteiger charge is -2.26. The van der Waals surface area contributed by atoms with Gasteiger partial charge in [0.05, 0.1) is 20.0 Å². The zero-order chi connectivity index (χ0) is 5.98. The van der Waals surface area contributed by atoms with Gasteiger partial charge in [0.15, 0.2) is 0 Å². The summed E-state index contributed by atoms with van der Waals surface area (Å²) in [6.45, 7) is 1.51. The van der Waals surface area contributed by atoms with Crippen LogP contribution in [0.15, 0.2) is 0 Å². The fourth-order valence-corrected chi connectivity index (χ4v) is 0.785. The molecule has 0 amide bonds. The van der Waals surface area contributed by atoms with Crippen molar-refractivity contribution >= 4 is 11.8 Å². The summed E-state index contributed by atoms with van der Waals surface area (Å²) in [6, 6.07) is 0. The molecule has 1 rings (SSSR count). The summed E-state index contributed by atoms with van der Waals surface area (Å²) in [4.78, 5) is 0. The van der Waals surface area contributed by atoms with E-state index in [0.29, 0.717) is 20.0 Å².